The lowest BCUT2D eigenvalue weighted by Gasteiger charge is -2.36. The molecule has 10 nitrogen and oxygen atoms in total. The molecule has 4 amide bonds. The molecule has 2 aliphatic rings. The minimum atomic E-state index is -1.05. The van der Waals surface area contributed by atoms with E-state index in [2.05, 4.69) is 27.8 Å². The predicted octanol–water partition coefficient (Wildman–Crippen LogP) is -0.647. The molecule has 1 aromatic carbocycles. The highest BCUT2D eigenvalue weighted by molar-refractivity contribution is 6.01. The third-order valence-electron chi connectivity index (χ3n) is 5.69. The van der Waals surface area contributed by atoms with Crippen LogP contribution in [0.2, 0.25) is 0 Å². The molecule has 0 spiro atoms. The first-order chi connectivity index (χ1) is 15.4. The van der Waals surface area contributed by atoms with E-state index in [4.69, 9.17) is 4.74 Å². The van der Waals surface area contributed by atoms with Crippen LogP contribution >= 0.6 is 0 Å². The van der Waals surface area contributed by atoms with Crippen molar-refractivity contribution in [2.24, 2.45) is 0 Å². The topological polar surface area (TPSA) is 120 Å². The Kier molecular flexibility index (Phi) is 8.04. The number of hydrogen-bond acceptors (Lipinski definition) is 6. The number of nitrogens with one attached hydrogen (secondary N) is 3. The molecule has 32 heavy (non-hydrogen) atoms. The molecule has 0 saturated carbocycles. The molecule has 0 unspecified atom stereocenters. The normalized spacial score (nSPS) is 23.7. The van der Waals surface area contributed by atoms with Gasteiger partial charge in [-0.15, -0.1) is 0 Å². The van der Waals surface area contributed by atoms with E-state index < -0.39 is 23.9 Å². The van der Waals surface area contributed by atoms with Crippen molar-refractivity contribution in [1.29, 1.82) is 0 Å². The number of piperazine rings is 1. The van der Waals surface area contributed by atoms with Crippen LogP contribution in [-0.2, 0) is 14.4 Å². The summed E-state index contributed by atoms with van der Waals surface area (Å²) in [7, 11) is 0. The minimum absolute atomic E-state index is 0.154. The van der Waals surface area contributed by atoms with Gasteiger partial charge in [-0.3, -0.25) is 19.2 Å². The molecule has 0 bridgehead atoms. The molecule has 3 N–H and O–H groups in total. The van der Waals surface area contributed by atoms with Crippen molar-refractivity contribution in [3.63, 3.8) is 0 Å². The fourth-order valence-corrected chi connectivity index (χ4v) is 3.76. The first kappa shape index (κ1) is 23.5. The Morgan fingerprint density at radius 3 is 2.53 bits per heavy atom. The Bertz CT molecular complexity index is 853. The van der Waals surface area contributed by atoms with Gasteiger partial charge in [-0.2, -0.15) is 0 Å². The molecule has 3 rings (SSSR count). The van der Waals surface area contributed by atoms with Crippen molar-refractivity contribution in [3.05, 3.63) is 29.8 Å². The average molecular weight is 446 g/mol. The maximum atomic E-state index is 13.2. The van der Waals surface area contributed by atoms with Crippen LogP contribution in [0, 0.1) is 0 Å². The fourth-order valence-electron chi connectivity index (χ4n) is 3.76. The third kappa shape index (κ3) is 5.97. The summed E-state index contributed by atoms with van der Waals surface area (Å²) in [5, 5.41) is 8.01. The number of likely N-dealkylation sites (N-methyl/N-ethyl adjacent to an activating group) is 1. The van der Waals surface area contributed by atoms with Crippen molar-refractivity contribution in [1.82, 2.24) is 25.8 Å². The van der Waals surface area contributed by atoms with Gasteiger partial charge in [-0.1, -0.05) is 19.1 Å². The van der Waals surface area contributed by atoms with Crippen LogP contribution in [0.3, 0.4) is 0 Å². The first-order valence-corrected chi connectivity index (χ1v) is 11.0. The Labute approximate surface area is 187 Å². The summed E-state index contributed by atoms with van der Waals surface area (Å²) in [6.45, 7) is 7.44. The molecule has 2 atom stereocenters. The largest absolute Gasteiger partial charge is 0.491 e. The Balaban J connectivity index is 1.83. The molecule has 174 valence electrons. The lowest BCUT2D eigenvalue weighted by molar-refractivity contribution is -0.137. The Hall–Kier alpha value is -3.14. The summed E-state index contributed by atoms with van der Waals surface area (Å²) in [6.07, 6.45) is -0.265. The monoisotopic (exact) mass is 445 g/mol. The van der Waals surface area contributed by atoms with E-state index in [-0.39, 0.29) is 37.0 Å². The number of carbonyl (C=O) groups is 4. The number of hydrogen-bond donors (Lipinski definition) is 3. The van der Waals surface area contributed by atoms with Crippen LogP contribution < -0.4 is 20.7 Å². The zero-order valence-electron chi connectivity index (χ0n) is 18.6. The summed E-state index contributed by atoms with van der Waals surface area (Å²) in [5.74, 6) is -1.30. The van der Waals surface area contributed by atoms with Gasteiger partial charge in [-0.25, -0.2) is 0 Å². The first-order valence-electron chi connectivity index (χ1n) is 11.0. The number of benzene rings is 1. The maximum absolute atomic E-state index is 13.2. The van der Waals surface area contributed by atoms with E-state index in [9.17, 15) is 19.2 Å². The summed E-state index contributed by atoms with van der Waals surface area (Å²) in [6, 6.07) is 4.85. The van der Waals surface area contributed by atoms with Gasteiger partial charge in [-0.05, 0) is 25.6 Å². The summed E-state index contributed by atoms with van der Waals surface area (Å²) < 4.78 is 5.68. The SMILES string of the molecule is CCN1CCN(C(=O)[C@@H]2CC(=O)N[C@@H](C)C(=O)NCCOc3ccccc3C(=O)N2)CC1. The number of rotatable bonds is 2. The van der Waals surface area contributed by atoms with E-state index in [1.165, 1.54) is 0 Å². The highest BCUT2D eigenvalue weighted by atomic mass is 16.5. The van der Waals surface area contributed by atoms with Crippen LogP contribution in [0.4, 0.5) is 0 Å². The molecule has 1 saturated heterocycles. The van der Waals surface area contributed by atoms with Crippen LogP contribution in [0.15, 0.2) is 24.3 Å². The maximum Gasteiger partial charge on any atom is 0.255 e. The summed E-state index contributed by atoms with van der Waals surface area (Å²) >= 11 is 0. The van der Waals surface area contributed by atoms with Crippen molar-refractivity contribution >= 4 is 23.6 Å². The lowest BCUT2D eigenvalue weighted by atomic mass is 10.1. The molecule has 2 aliphatic heterocycles. The van der Waals surface area contributed by atoms with Crippen molar-refractivity contribution < 1.29 is 23.9 Å². The van der Waals surface area contributed by atoms with Crippen LogP contribution in [0.5, 0.6) is 5.75 Å². The number of para-hydroxylation sites is 1. The molecule has 10 heteroatoms. The van der Waals surface area contributed by atoms with Crippen LogP contribution in [0.25, 0.3) is 0 Å². The van der Waals surface area contributed by atoms with Gasteiger partial charge in [0.25, 0.3) is 5.91 Å². The molecule has 2 heterocycles. The smallest absolute Gasteiger partial charge is 0.255 e. The quantitative estimate of drug-likeness (QED) is 0.557. The highest BCUT2D eigenvalue weighted by Gasteiger charge is 2.31. The van der Waals surface area contributed by atoms with Gasteiger partial charge >= 0.3 is 0 Å². The number of carbonyl (C=O) groups excluding carboxylic acids is 4. The Morgan fingerprint density at radius 2 is 1.81 bits per heavy atom. The third-order valence-corrected chi connectivity index (χ3v) is 5.69. The standard InChI is InChI=1S/C22H31N5O5/c1-3-26-9-11-27(12-10-26)22(31)17-14-19(28)24-15(2)20(29)23-8-13-32-18-7-5-4-6-16(18)21(30)25-17/h4-7,15,17H,3,8-14H2,1-2H3,(H,23,29)(H,24,28)(H,25,30)/t15-,17-/m0/s1. The predicted molar refractivity (Wildman–Crippen MR) is 117 cm³/mol. The second-order valence-corrected chi connectivity index (χ2v) is 7.91. The van der Waals surface area contributed by atoms with Gasteiger partial charge < -0.3 is 30.5 Å². The average Bonchev–Trinajstić information content (AvgIpc) is 2.80. The van der Waals surface area contributed by atoms with Crippen molar-refractivity contribution in [2.45, 2.75) is 32.4 Å². The molecule has 0 aliphatic carbocycles. The van der Waals surface area contributed by atoms with Crippen molar-refractivity contribution in [2.75, 3.05) is 45.9 Å². The van der Waals surface area contributed by atoms with E-state index in [1.807, 2.05) is 0 Å². The second-order valence-electron chi connectivity index (χ2n) is 7.91. The molecule has 0 radical (unpaired) electrons. The van der Waals surface area contributed by atoms with E-state index >= 15 is 0 Å². The Morgan fingerprint density at radius 1 is 1.09 bits per heavy atom. The van der Waals surface area contributed by atoms with Gasteiger partial charge in [0.05, 0.1) is 18.5 Å². The summed E-state index contributed by atoms with van der Waals surface area (Å²) in [5.41, 5.74) is 0.262. The van der Waals surface area contributed by atoms with E-state index in [0.29, 0.717) is 18.8 Å². The van der Waals surface area contributed by atoms with Gasteiger partial charge in [0.2, 0.25) is 17.7 Å². The van der Waals surface area contributed by atoms with Gasteiger partial charge in [0.15, 0.2) is 0 Å². The number of amides is 4. The fraction of sp³-hybridized carbons (Fsp3) is 0.545. The minimum Gasteiger partial charge on any atom is -0.491 e. The van der Waals surface area contributed by atoms with E-state index in [1.54, 1.807) is 36.1 Å². The molecule has 0 aromatic heterocycles. The number of fused-ring (bicyclic) bond motifs is 1. The zero-order chi connectivity index (χ0) is 23.1. The van der Waals surface area contributed by atoms with Crippen molar-refractivity contribution in [3.8, 4) is 5.75 Å². The molecule has 1 fully saturated rings. The van der Waals surface area contributed by atoms with Gasteiger partial charge in [0, 0.05) is 26.2 Å². The van der Waals surface area contributed by atoms with E-state index in [0.717, 1.165) is 19.6 Å². The highest BCUT2D eigenvalue weighted by Crippen LogP contribution is 2.18. The second kappa shape index (κ2) is 10.9. The summed E-state index contributed by atoms with van der Waals surface area (Å²) in [4.78, 5) is 55.0. The van der Waals surface area contributed by atoms with Gasteiger partial charge in [0.1, 0.15) is 24.4 Å². The van der Waals surface area contributed by atoms with Crippen LogP contribution in [-0.4, -0.2) is 91.4 Å². The number of nitrogens with zero attached hydrogens (tertiary/aromatic N) is 2. The number of ether oxygens (including phenoxy) is 1. The molecular formula is C22H31N5O5. The zero-order valence-corrected chi connectivity index (χ0v) is 18.6. The molecular weight excluding hydrogens is 414 g/mol. The molecule has 1 aromatic rings. The van der Waals surface area contributed by atoms with Crippen LogP contribution in [0.1, 0.15) is 30.6 Å². The lowest BCUT2D eigenvalue weighted by Crippen LogP contribution is -2.56.